The molecule has 0 unspecified atom stereocenters. The van der Waals surface area contributed by atoms with Gasteiger partial charge in [-0.05, 0) is 48.6 Å². The van der Waals surface area contributed by atoms with Crippen LogP contribution in [0.2, 0.25) is 5.02 Å². The molecule has 0 aliphatic heterocycles. The van der Waals surface area contributed by atoms with Crippen molar-refractivity contribution in [2.45, 2.75) is 0 Å². The topological polar surface area (TPSA) is 69.7 Å². The quantitative estimate of drug-likeness (QED) is 0.385. The van der Waals surface area contributed by atoms with Crippen molar-refractivity contribution in [3.05, 3.63) is 77.0 Å². The van der Waals surface area contributed by atoms with E-state index in [1.807, 2.05) is 6.07 Å². The Kier molecular flexibility index (Phi) is 6.93. The minimum atomic E-state index is -0.130. The van der Waals surface area contributed by atoms with Crippen molar-refractivity contribution in [1.29, 1.82) is 0 Å². The molecule has 0 aliphatic carbocycles. The van der Waals surface area contributed by atoms with E-state index >= 15 is 0 Å². The molecule has 3 aromatic rings. The van der Waals surface area contributed by atoms with Gasteiger partial charge in [0.2, 0.25) is 5.75 Å². The van der Waals surface area contributed by atoms with E-state index in [4.69, 9.17) is 25.8 Å². The Labute approximate surface area is 180 Å². The number of benzene rings is 2. The summed E-state index contributed by atoms with van der Waals surface area (Å²) in [4.78, 5) is 16.8. The first-order valence-electron chi connectivity index (χ1n) is 9.05. The molecule has 154 valence electrons. The molecule has 0 amide bonds. The van der Waals surface area contributed by atoms with Gasteiger partial charge in [-0.1, -0.05) is 11.6 Å². The molecule has 3 rings (SSSR count). The summed E-state index contributed by atoms with van der Waals surface area (Å²) in [7, 11) is 4.66. The van der Waals surface area contributed by atoms with Crippen molar-refractivity contribution < 1.29 is 19.0 Å². The first kappa shape index (κ1) is 21.2. The zero-order valence-corrected chi connectivity index (χ0v) is 17.6. The highest BCUT2D eigenvalue weighted by atomic mass is 35.5. The molecule has 0 saturated heterocycles. The number of hydrogen-bond donors (Lipinski definition) is 1. The predicted octanol–water partition coefficient (Wildman–Crippen LogP) is 5.40. The monoisotopic (exact) mass is 424 g/mol. The van der Waals surface area contributed by atoms with Gasteiger partial charge in [-0.2, -0.15) is 0 Å². The van der Waals surface area contributed by atoms with Gasteiger partial charge < -0.3 is 19.5 Å². The number of anilines is 2. The predicted molar refractivity (Wildman–Crippen MR) is 118 cm³/mol. The normalized spacial score (nSPS) is 10.7. The number of ether oxygens (including phenoxy) is 3. The zero-order valence-electron chi connectivity index (χ0n) is 16.8. The van der Waals surface area contributed by atoms with Crippen LogP contribution in [0.4, 0.5) is 11.5 Å². The number of allylic oxidation sites excluding steroid dienone is 1. The number of nitrogens with one attached hydrogen (secondary N) is 1. The number of methoxy groups -OCH3 is 3. The van der Waals surface area contributed by atoms with E-state index in [-0.39, 0.29) is 5.78 Å². The van der Waals surface area contributed by atoms with Crippen LogP contribution in [0.15, 0.2) is 60.8 Å². The average Bonchev–Trinajstić information content (AvgIpc) is 2.78. The van der Waals surface area contributed by atoms with Crippen LogP contribution >= 0.6 is 11.6 Å². The fourth-order valence-electron chi connectivity index (χ4n) is 2.82. The highest BCUT2D eigenvalue weighted by Gasteiger charge is 2.14. The van der Waals surface area contributed by atoms with Gasteiger partial charge >= 0.3 is 0 Å². The number of rotatable bonds is 8. The maximum absolute atomic E-state index is 12.4. The maximum atomic E-state index is 12.4. The lowest BCUT2D eigenvalue weighted by Gasteiger charge is -2.15. The Bertz CT molecular complexity index is 1040. The molecule has 0 saturated carbocycles. The molecule has 0 bridgehead atoms. The first-order valence-corrected chi connectivity index (χ1v) is 9.43. The van der Waals surface area contributed by atoms with E-state index in [2.05, 4.69) is 10.3 Å². The molecular formula is C23H21ClN2O4. The van der Waals surface area contributed by atoms with E-state index in [0.717, 1.165) is 5.56 Å². The molecule has 0 atom stereocenters. The van der Waals surface area contributed by atoms with Crippen LogP contribution in [0.25, 0.3) is 6.08 Å². The van der Waals surface area contributed by atoms with Crippen LogP contribution in [0.3, 0.4) is 0 Å². The van der Waals surface area contributed by atoms with Crippen LogP contribution in [0.5, 0.6) is 17.2 Å². The molecule has 6 nitrogen and oxygen atoms in total. The third-order valence-corrected chi connectivity index (χ3v) is 4.56. The Morgan fingerprint density at radius 1 is 1.00 bits per heavy atom. The smallest absolute Gasteiger partial charge is 0.203 e. The Hall–Kier alpha value is -3.51. The van der Waals surface area contributed by atoms with Gasteiger partial charge in [0, 0.05) is 40.2 Å². The summed E-state index contributed by atoms with van der Waals surface area (Å²) >= 11 is 5.88. The van der Waals surface area contributed by atoms with Gasteiger partial charge in [0.05, 0.1) is 21.3 Å². The minimum absolute atomic E-state index is 0.130. The van der Waals surface area contributed by atoms with E-state index in [1.54, 1.807) is 76.1 Å². The van der Waals surface area contributed by atoms with Crippen molar-refractivity contribution >= 4 is 35.0 Å². The number of carbonyl (C=O) groups excluding carboxylic acids is 1. The number of pyridine rings is 1. The van der Waals surface area contributed by atoms with Crippen molar-refractivity contribution in [2.75, 3.05) is 26.6 Å². The van der Waals surface area contributed by atoms with E-state index in [1.165, 1.54) is 6.08 Å². The molecule has 2 aromatic carbocycles. The fraction of sp³-hybridized carbons (Fsp3) is 0.130. The summed E-state index contributed by atoms with van der Waals surface area (Å²) in [6.07, 6.45) is 4.88. The lowest BCUT2D eigenvalue weighted by molar-refractivity contribution is 0.104. The van der Waals surface area contributed by atoms with Crippen LogP contribution in [0, 0.1) is 0 Å². The molecule has 30 heavy (non-hydrogen) atoms. The van der Waals surface area contributed by atoms with Crippen molar-refractivity contribution in [3.8, 4) is 17.2 Å². The standard InChI is InChI=1S/C23H21ClN2O4/c1-28-20-13-18(14-21(29-2)22(20)30-3)26-23-16(5-4-12-25-23)8-11-19(27)15-6-9-17(24)10-7-15/h4-14H,1-3H3,(H,25,26)/b11-8+. The van der Waals surface area contributed by atoms with Crippen molar-refractivity contribution in [3.63, 3.8) is 0 Å². The summed E-state index contributed by atoms with van der Waals surface area (Å²) in [5.74, 6) is 1.98. The van der Waals surface area contributed by atoms with Crippen LogP contribution < -0.4 is 19.5 Å². The van der Waals surface area contributed by atoms with Gasteiger partial charge in [-0.3, -0.25) is 4.79 Å². The van der Waals surface area contributed by atoms with Gasteiger partial charge in [-0.15, -0.1) is 0 Å². The van der Waals surface area contributed by atoms with Crippen molar-refractivity contribution in [1.82, 2.24) is 4.98 Å². The third-order valence-electron chi connectivity index (χ3n) is 4.31. The number of carbonyl (C=O) groups is 1. The number of nitrogens with zero attached hydrogens (tertiary/aromatic N) is 1. The highest BCUT2D eigenvalue weighted by Crippen LogP contribution is 2.40. The summed E-state index contributed by atoms with van der Waals surface area (Å²) in [5, 5.41) is 3.82. The van der Waals surface area contributed by atoms with Gasteiger partial charge in [0.1, 0.15) is 5.82 Å². The molecule has 0 spiro atoms. The Morgan fingerprint density at radius 3 is 2.27 bits per heavy atom. The van der Waals surface area contributed by atoms with Crippen LogP contribution in [-0.4, -0.2) is 32.1 Å². The summed E-state index contributed by atoms with van der Waals surface area (Å²) in [6, 6.07) is 14.0. The summed E-state index contributed by atoms with van der Waals surface area (Å²) in [5.41, 5.74) is 1.99. The molecule has 1 N–H and O–H groups in total. The second-order valence-electron chi connectivity index (χ2n) is 6.18. The molecular weight excluding hydrogens is 404 g/mol. The van der Waals surface area contributed by atoms with E-state index < -0.39 is 0 Å². The first-order chi connectivity index (χ1) is 14.5. The Balaban J connectivity index is 1.87. The fourth-order valence-corrected chi connectivity index (χ4v) is 2.95. The lowest BCUT2D eigenvalue weighted by atomic mass is 10.1. The largest absolute Gasteiger partial charge is 0.493 e. The molecule has 0 fully saturated rings. The van der Waals surface area contributed by atoms with Crippen LogP contribution in [0.1, 0.15) is 15.9 Å². The molecule has 0 aliphatic rings. The van der Waals surface area contributed by atoms with Crippen molar-refractivity contribution in [2.24, 2.45) is 0 Å². The zero-order chi connectivity index (χ0) is 21.5. The van der Waals surface area contributed by atoms with Gasteiger partial charge in [0.25, 0.3) is 0 Å². The lowest BCUT2D eigenvalue weighted by Crippen LogP contribution is -2.00. The highest BCUT2D eigenvalue weighted by molar-refractivity contribution is 6.30. The van der Waals surface area contributed by atoms with E-state index in [0.29, 0.717) is 39.3 Å². The average molecular weight is 425 g/mol. The third kappa shape index (κ3) is 4.90. The maximum Gasteiger partial charge on any atom is 0.203 e. The molecule has 7 heteroatoms. The SMILES string of the molecule is COc1cc(Nc2ncccc2/C=C/C(=O)c2ccc(Cl)cc2)cc(OC)c1OC. The minimum Gasteiger partial charge on any atom is -0.493 e. The second kappa shape index (κ2) is 9.80. The number of hydrogen-bond acceptors (Lipinski definition) is 6. The van der Waals surface area contributed by atoms with Gasteiger partial charge in [-0.25, -0.2) is 4.98 Å². The van der Waals surface area contributed by atoms with E-state index in [9.17, 15) is 4.79 Å². The Morgan fingerprint density at radius 2 is 1.67 bits per heavy atom. The number of ketones is 1. The molecule has 1 heterocycles. The summed E-state index contributed by atoms with van der Waals surface area (Å²) in [6.45, 7) is 0. The molecule has 0 radical (unpaired) electrons. The number of halogens is 1. The second-order valence-corrected chi connectivity index (χ2v) is 6.62. The summed E-state index contributed by atoms with van der Waals surface area (Å²) < 4.78 is 16.1. The number of aromatic nitrogens is 1. The van der Waals surface area contributed by atoms with Crippen LogP contribution in [-0.2, 0) is 0 Å². The van der Waals surface area contributed by atoms with Gasteiger partial charge in [0.15, 0.2) is 17.3 Å². The molecule has 1 aromatic heterocycles.